The lowest BCUT2D eigenvalue weighted by molar-refractivity contribution is 0.211. The minimum atomic E-state index is 0.545. The number of ether oxygens (including phenoxy) is 3. The Morgan fingerprint density at radius 1 is 1.32 bits per heavy atom. The number of nitrogens with zero attached hydrogens (tertiary/aromatic N) is 1. The molecule has 0 saturated heterocycles. The van der Waals surface area contributed by atoms with Crippen LogP contribution < -0.4 is 14.8 Å². The van der Waals surface area contributed by atoms with Gasteiger partial charge in [-0.3, -0.25) is 0 Å². The van der Waals surface area contributed by atoms with Crippen molar-refractivity contribution in [2.45, 2.75) is 0 Å². The molecule has 19 heavy (non-hydrogen) atoms. The van der Waals surface area contributed by atoms with E-state index >= 15 is 0 Å². The van der Waals surface area contributed by atoms with E-state index in [2.05, 4.69) is 10.3 Å². The van der Waals surface area contributed by atoms with Crippen molar-refractivity contribution >= 4 is 38.3 Å². The van der Waals surface area contributed by atoms with Gasteiger partial charge in [0.15, 0.2) is 16.6 Å². The first-order valence-corrected chi connectivity index (χ1v) is 6.84. The molecule has 1 heterocycles. The summed E-state index contributed by atoms with van der Waals surface area (Å²) in [7, 11) is 4.84. The van der Waals surface area contributed by atoms with Crippen molar-refractivity contribution in [3.63, 3.8) is 0 Å². The van der Waals surface area contributed by atoms with E-state index in [1.54, 1.807) is 27.4 Å². The molecule has 1 N–H and O–H groups in total. The molecule has 0 spiro atoms. The largest absolute Gasteiger partial charge is 0.493 e. The topological polar surface area (TPSA) is 52.6 Å². The van der Waals surface area contributed by atoms with Gasteiger partial charge in [-0.1, -0.05) is 22.9 Å². The predicted molar refractivity (Wildman–Crippen MR) is 78.1 cm³/mol. The van der Waals surface area contributed by atoms with Gasteiger partial charge in [0.05, 0.1) is 25.8 Å². The summed E-state index contributed by atoms with van der Waals surface area (Å²) in [5, 5.41) is 4.50. The average Bonchev–Trinajstić information content (AvgIpc) is 2.83. The minimum Gasteiger partial charge on any atom is -0.493 e. The average molecular weight is 303 g/mol. The second-order valence-electron chi connectivity index (χ2n) is 3.71. The molecule has 0 aliphatic heterocycles. The molecule has 2 aromatic rings. The molecule has 5 nitrogen and oxygen atoms in total. The van der Waals surface area contributed by atoms with E-state index in [0.29, 0.717) is 35.2 Å². The van der Waals surface area contributed by atoms with Crippen LogP contribution in [0.4, 0.5) is 5.13 Å². The van der Waals surface area contributed by atoms with Crippen LogP contribution in [0, 0.1) is 0 Å². The van der Waals surface area contributed by atoms with Crippen molar-refractivity contribution in [1.82, 2.24) is 4.98 Å². The number of rotatable bonds is 6. The highest BCUT2D eigenvalue weighted by Gasteiger charge is 2.17. The highest BCUT2D eigenvalue weighted by Crippen LogP contribution is 2.43. The Morgan fingerprint density at radius 3 is 2.74 bits per heavy atom. The van der Waals surface area contributed by atoms with E-state index in [4.69, 9.17) is 25.8 Å². The quantitative estimate of drug-likeness (QED) is 0.831. The predicted octanol–water partition coefficient (Wildman–Crippen LogP) is 3.03. The number of nitrogens with one attached hydrogen (secondary N) is 1. The Kier molecular flexibility index (Phi) is 4.68. The SMILES string of the molecule is COCCNc1nc2c(Cl)cc(OC)c(OC)c2s1. The van der Waals surface area contributed by atoms with Gasteiger partial charge in [-0.05, 0) is 0 Å². The summed E-state index contributed by atoms with van der Waals surface area (Å²) in [4.78, 5) is 4.45. The summed E-state index contributed by atoms with van der Waals surface area (Å²) in [5.41, 5.74) is 0.712. The molecule has 2 rings (SSSR count). The molecular formula is C12H15ClN2O3S. The monoisotopic (exact) mass is 302 g/mol. The Morgan fingerprint density at radius 2 is 2.11 bits per heavy atom. The van der Waals surface area contributed by atoms with Crippen LogP contribution in [0.3, 0.4) is 0 Å². The molecule has 1 aromatic carbocycles. The molecule has 0 saturated carbocycles. The van der Waals surface area contributed by atoms with E-state index in [0.717, 1.165) is 9.83 Å². The first-order chi connectivity index (χ1) is 9.21. The molecule has 0 radical (unpaired) electrons. The number of hydrogen-bond donors (Lipinski definition) is 1. The van der Waals surface area contributed by atoms with E-state index in [1.165, 1.54) is 11.3 Å². The van der Waals surface area contributed by atoms with Crippen LogP contribution in [0.25, 0.3) is 10.2 Å². The zero-order valence-electron chi connectivity index (χ0n) is 10.9. The summed E-state index contributed by atoms with van der Waals surface area (Å²) in [5.74, 6) is 1.26. The van der Waals surface area contributed by atoms with Crippen LogP contribution in [0.5, 0.6) is 11.5 Å². The first-order valence-electron chi connectivity index (χ1n) is 5.65. The molecule has 0 fully saturated rings. The van der Waals surface area contributed by atoms with Crippen LogP contribution in [0.15, 0.2) is 6.07 Å². The molecule has 0 unspecified atom stereocenters. The van der Waals surface area contributed by atoms with Crippen LogP contribution in [-0.2, 0) is 4.74 Å². The van der Waals surface area contributed by atoms with Crippen molar-refractivity contribution in [3.8, 4) is 11.5 Å². The lowest BCUT2D eigenvalue weighted by Gasteiger charge is -2.08. The number of fused-ring (bicyclic) bond motifs is 1. The normalized spacial score (nSPS) is 10.7. The maximum Gasteiger partial charge on any atom is 0.184 e. The van der Waals surface area contributed by atoms with Crippen LogP contribution in [0.1, 0.15) is 0 Å². The van der Waals surface area contributed by atoms with Gasteiger partial charge in [0.1, 0.15) is 10.2 Å². The number of thiazole rings is 1. The van der Waals surface area contributed by atoms with Gasteiger partial charge < -0.3 is 19.5 Å². The Balaban J connectivity index is 2.42. The molecule has 0 aliphatic carbocycles. The molecule has 0 atom stereocenters. The number of hydrogen-bond acceptors (Lipinski definition) is 6. The second-order valence-corrected chi connectivity index (χ2v) is 5.12. The van der Waals surface area contributed by atoms with Gasteiger partial charge >= 0.3 is 0 Å². The summed E-state index contributed by atoms with van der Waals surface area (Å²) < 4.78 is 16.5. The molecule has 1 aromatic heterocycles. The van der Waals surface area contributed by atoms with Gasteiger partial charge in [-0.2, -0.15) is 0 Å². The lowest BCUT2D eigenvalue weighted by Crippen LogP contribution is -2.06. The number of benzene rings is 1. The highest BCUT2D eigenvalue weighted by molar-refractivity contribution is 7.22. The smallest absolute Gasteiger partial charge is 0.184 e. The third kappa shape index (κ3) is 2.86. The van der Waals surface area contributed by atoms with E-state index in [-0.39, 0.29) is 0 Å². The van der Waals surface area contributed by atoms with Gasteiger partial charge in [-0.15, -0.1) is 0 Å². The first kappa shape index (κ1) is 14.2. The molecule has 0 bridgehead atoms. The number of methoxy groups -OCH3 is 3. The molecule has 0 amide bonds. The van der Waals surface area contributed by atoms with Crippen molar-refractivity contribution < 1.29 is 14.2 Å². The Hall–Kier alpha value is -1.24. The second kappa shape index (κ2) is 6.27. The zero-order valence-corrected chi connectivity index (χ0v) is 12.5. The number of halogens is 1. The number of aromatic nitrogens is 1. The van der Waals surface area contributed by atoms with Crippen molar-refractivity contribution in [2.24, 2.45) is 0 Å². The molecule has 7 heteroatoms. The van der Waals surface area contributed by atoms with Crippen LogP contribution in [-0.4, -0.2) is 39.5 Å². The van der Waals surface area contributed by atoms with Crippen molar-refractivity contribution in [3.05, 3.63) is 11.1 Å². The standard InChI is InChI=1S/C12H15ClN2O3S/c1-16-5-4-14-12-15-9-7(13)6-8(17-2)10(18-3)11(9)19-12/h6H,4-5H2,1-3H3,(H,14,15). The number of anilines is 1. The lowest BCUT2D eigenvalue weighted by atomic mass is 10.3. The van der Waals surface area contributed by atoms with E-state index < -0.39 is 0 Å². The molecule has 104 valence electrons. The minimum absolute atomic E-state index is 0.545. The maximum atomic E-state index is 6.20. The maximum absolute atomic E-state index is 6.20. The van der Waals surface area contributed by atoms with Gasteiger partial charge in [0, 0.05) is 19.7 Å². The summed E-state index contributed by atoms with van der Waals surface area (Å²) in [6, 6.07) is 1.71. The van der Waals surface area contributed by atoms with Crippen molar-refractivity contribution in [2.75, 3.05) is 39.8 Å². The van der Waals surface area contributed by atoms with E-state index in [1.807, 2.05) is 0 Å². The Labute approximate surface area is 120 Å². The fourth-order valence-electron chi connectivity index (χ4n) is 1.68. The highest BCUT2D eigenvalue weighted by atomic mass is 35.5. The third-order valence-corrected chi connectivity index (χ3v) is 3.85. The van der Waals surface area contributed by atoms with Crippen LogP contribution in [0.2, 0.25) is 5.02 Å². The Bertz CT molecular complexity index is 574. The zero-order chi connectivity index (χ0) is 13.8. The summed E-state index contributed by atoms with van der Waals surface area (Å²) >= 11 is 7.68. The molecular weight excluding hydrogens is 288 g/mol. The summed E-state index contributed by atoms with van der Waals surface area (Å²) in [6.45, 7) is 1.30. The fraction of sp³-hybridized carbons (Fsp3) is 0.417. The van der Waals surface area contributed by atoms with Gasteiger partial charge in [0.25, 0.3) is 0 Å². The van der Waals surface area contributed by atoms with Gasteiger partial charge in [-0.25, -0.2) is 4.98 Å². The third-order valence-electron chi connectivity index (χ3n) is 2.55. The van der Waals surface area contributed by atoms with Crippen molar-refractivity contribution in [1.29, 1.82) is 0 Å². The molecule has 0 aliphatic rings. The summed E-state index contributed by atoms with van der Waals surface area (Å²) in [6.07, 6.45) is 0. The van der Waals surface area contributed by atoms with Gasteiger partial charge in [0.2, 0.25) is 0 Å². The van der Waals surface area contributed by atoms with E-state index in [9.17, 15) is 0 Å². The van der Waals surface area contributed by atoms with Crippen LogP contribution >= 0.6 is 22.9 Å². The fourth-order valence-corrected chi connectivity index (χ4v) is 3.00.